The van der Waals surface area contributed by atoms with Crippen molar-refractivity contribution in [3.8, 4) is 0 Å². The van der Waals surface area contributed by atoms with Crippen LogP contribution < -0.4 is 0 Å². The van der Waals surface area contributed by atoms with Gasteiger partial charge in [-0.15, -0.1) is 0 Å². The highest BCUT2D eigenvalue weighted by Gasteiger charge is 1.96. The first-order chi connectivity index (χ1) is 5.81. The molecule has 0 aromatic heterocycles. The molecule has 0 aromatic rings. The van der Waals surface area contributed by atoms with Gasteiger partial charge in [-0.2, -0.15) is 12.6 Å². The highest BCUT2D eigenvalue weighted by molar-refractivity contribution is 7.80. The molecule has 2 nitrogen and oxygen atoms in total. The van der Waals surface area contributed by atoms with E-state index in [0.29, 0.717) is 6.42 Å². The van der Waals surface area contributed by atoms with E-state index in [1.807, 2.05) is 0 Å². The van der Waals surface area contributed by atoms with E-state index in [0.717, 1.165) is 25.0 Å². The summed E-state index contributed by atoms with van der Waals surface area (Å²) in [7, 11) is 1.42. The molecule has 0 N–H and O–H groups in total. The van der Waals surface area contributed by atoms with Crippen molar-refractivity contribution in [2.75, 3.05) is 12.9 Å². The molecule has 0 saturated carbocycles. The summed E-state index contributed by atoms with van der Waals surface area (Å²) in [6.45, 7) is 0. The molecule has 3 heteroatoms. The second-order valence-corrected chi connectivity index (χ2v) is 2.90. The molecule has 0 rings (SSSR count). The quantitative estimate of drug-likeness (QED) is 0.299. The zero-order chi connectivity index (χ0) is 9.23. The van der Waals surface area contributed by atoms with Crippen LogP contribution >= 0.6 is 12.6 Å². The number of carbonyl (C=O) groups is 1. The third-order valence-electron chi connectivity index (χ3n) is 1.44. The van der Waals surface area contributed by atoms with Crippen molar-refractivity contribution in [2.24, 2.45) is 0 Å². The SMILES string of the molecule is COC(=O)CCCC=CCCS. The predicted molar refractivity (Wildman–Crippen MR) is 53.5 cm³/mol. The first-order valence-corrected chi connectivity index (χ1v) is 4.77. The molecule has 0 bridgehead atoms. The molecule has 0 amide bonds. The molecule has 0 heterocycles. The first kappa shape index (κ1) is 11.6. The van der Waals surface area contributed by atoms with Crippen molar-refractivity contribution >= 4 is 18.6 Å². The molecular weight excluding hydrogens is 172 g/mol. The number of methoxy groups -OCH3 is 1. The minimum atomic E-state index is -0.127. The number of thiol groups is 1. The van der Waals surface area contributed by atoms with E-state index in [4.69, 9.17) is 0 Å². The van der Waals surface area contributed by atoms with Crippen LogP contribution in [0.15, 0.2) is 12.2 Å². The maximum Gasteiger partial charge on any atom is 0.305 e. The van der Waals surface area contributed by atoms with Crippen LogP contribution in [0.3, 0.4) is 0 Å². The molecule has 0 aliphatic rings. The zero-order valence-corrected chi connectivity index (χ0v) is 8.35. The van der Waals surface area contributed by atoms with Crippen LogP contribution in [0.4, 0.5) is 0 Å². The number of hydrogen-bond donors (Lipinski definition) is 1. The number of esters is 1. The van der Waals surface area contributed by atoms with Crippen molar-refractivity contribution in [3.05, 3.63) is 12.2 Å². The molecule has 0 fully saturated rings. The van der Waals surface area contributed by atoms with E-state index in [1.165, 1.54) is 7.11 Å². The lowest BCUT2D eigenvalue weighted by atomic mass is 10.2. The molecule has 12 heavy (non-hydrogen) atoms. The molecule has 0 spiro atoms. The summed E-state index contributed by atoms with van der Waals surface area (Å²) >= 11 is 4.07. The Morgan fingerprint density at radius 2 is 2.08 bits per heavy atom. The van der Waals surface area contributed by atoms with Gasteiger partial charge in [0.15, 0.2) is 0 Å². The number of carbonyl (C=O) groups excluding carboxylic acids is 1. The topological polar surface area (TPSA) is 26.3 Å². The van der Waals surface area contributed by atoms with Crippen molar-refractivity contribution in [3.63, 3.8) is 0 Å². The van der Waals surface area contributed by atoms with Crippen molar-refractivity contribution in [1.82, 2.24) is 0 Å². The van der Waals surface area contributed by atoms with E-state index in [1.54, 1.807) is 0 Å². The minimum absolute atomic E-state index is 0.127. The van der Waals surface area contributed by atoms with Gasteiger partial charge in [0, 0.05) is 6.42 Å². The van der Waals surface area contributed by atoms with Crippen LogP contribution in [0.1, 0.15) is 25.7 Å². The second-order valence-electron chi connectivity index (χ2n) is 2.45. The number of hydrogen-bond acceptors (Lipinski definition) is 3. The van der Waals surface area contributed by atoms with Crippen LogP contribution in [-0.2, 0) is 9.53 Å². The van der Waals surface area contributed by atoms with Gasteiger partial charge in [0.05, 0.1) is 7.11 Å². The molecule has 0 atom stereocenters. The summed E-state index contributed by atoms with van der Waals surface area (Å²) in [4.78, 5) is 10.6. The van der Waals surface area contributed by atoms with Crippen molar-refractivity contribution < 1.29 is 9.53 Å². The van der Waals surface area contributed by atoms with E-state index in [-0.39, 0.29) is 5.97 Å². The summed E-state index contributed by atoms with van der Waals surface area (Å²) in [5, 5.41) is 0. The summed E-state index contributed by atoms with van der Waals surface area (Å²) in [6, 6.07) is 0. The van der Waals surface area contributed by atoms with E-state index >= 15 is 0 Å². The summed E-state index contributed by atoms with van der Waals surface area (Å²) in [5.41, 5.74) is 0. The Kier molecular flexibility index (Phi) is 8.34. The Morgan fingerprint density at radius 1 is 1.42 bits per heavy atom. The lowest BCUT2D eigenvalue weighted by Crippen LogP contribution is -1.98. The van der Waals surface area contributed by atoms with Crippen LogP contribution in [0.25, 0.3) is 0 Å². The van der Waals surface area contributed by atoms with Crippen LogP contribution in [0.5, 0.6) is 0 Å². The fourth-order valence-electron chi connectivity index (χ4n) is 0.777. The lowest BCUT2D eigenvalue weighted by Gasteiger charge is -1.95. The van der Waals surface area contributed by atoms with Gasteiger partial charge in [-0.25, -0.2) is 0 Å². The zero-order valence-electron chi connectivity index (χ0n) is 7.45. The Balaban J connectivity index is 3.15. The van der Waals surface area contributed by atoms with Crippen molar-refractivity contribution in [1.29, 1.82) is 0 Å². The molecule has 0 aliphatic heterocycles. The van der Waals surface area contributed by atoms with Crippen molar-refractivity contribution in [2.45, 2.75) is 25.7 Å². The highest BCUT2D eigenvalue weighted by Crippen LogP contribution is 1.99. The standard InChI is InChI=1S/C9H16O2S/c1-11-9(10)7-5-3-2-4-6-8-12/h2,4,12H,3,5-8H2,1H3. The summed E-state index contributed by atoms with van der Waals surface area (Å²) in [5.74, 6) is 0.755. The molecule has 0 aromatic carbocycles. The average molecular weight is 188 g/mol. The third kappa shape index (κ3) is 7.66. The van der Waals surface area contributed by atoms with Gasteiger partial charge in [-0.3, -0.25) is 4.79 Å². The Bertz CT molecular complexity index is 143. The molecule has 0 saturated heterocycles. The normalized spacial score (nSPS) is 10.5. The Morgan fingerprint density at radius 3 is 2.67 bits per heavy atom. The molecule has 70 valence electrons. The van der Waals surface area contributed by atoms with Gasteiger partial charge in [0.25, 0.3) is 0 Å². The number of allylic oxidation sites excluding steroid dienone is 2. The maximum atomic E-state index is 10.6. The Hall–Kier alpha value is -0.440. The highest BCUT2D eigenvalue weighted by atomic mass is 32.1. The van der Waals surface area contributed by atoms with Gasteiger partial charge < -0.3 is 4.74 Å². The van der Waals surface area contributed by atoms with Gasteiger partial charge in [-0.05, 0) is 25.0 Å². The van der Waals surface area contributed by atoms with Gasteiger partial charge in [-0.1, -0.05) is 12.2 Å². The van der Waals surface area contributed by atoms with Crippen LogP contribution in [0, 0.1) is 0 Å². The fourth-order valence-corrected chi connectivity index (χ4v) is 0.926. The van der Waals surface area contributed by atoms with E-state index in [2.05, 4.69) is 29.5 Å². The van der Waals surface area contributed by atoms with Gasteiger partial charge in [0.2, 0.25) is 0 Å². The Labute approximate surface area is 79.4 Å². The van der Waals surface area contributed by atoms with E-state index in [9.17, 15) is 4.79 Å². The largest absolute Gasteiger partial charge is 0.469 e. The number of unbranched alkanes of at least 4 members (excludes halogenated alkanes) is 1. The molecular formula is C9H16O2S. The fraction of sp³-hybridized carbons (Fsp3) is 0.667. The smallest absolute Gasteiger partial charge is 0.305 e. The minimum Gasteiger partial charge on any atom is -0.469 e. The molecule has 0 unspecified atom stereocenters. The maximum absolute atomic E-state index is 10.6. The lowest BCUT2D eigenvalue weighted by molar-refractivity contribution is -0.140. The summed E-state index contributed by atoms with van der Waals surface area (Å²) < 4.78 is 4.50. The average Bonchev–Trinajstić information content (AvgIpc) is 2.10. The van der Waals surface area contributed by atoms with Gasteiger partial charge in [0.1, 0.15) is 0 Å². The second kappa shape index (κ2) is 8.65. The van der Waals surface area contributed by atoms with Crippen LogP contribution in [-0.4, -0.2) is 18.8 Å². The first-order valence-electron chi connectivity index (χ1n) is 4.14. The number of ether oxygens (including phenoxy) is 1. The van der Waals surface area contributed by atoms with E-state index < -0.39 is 0 Å². The molecule has 0 aliphatic carbocycles. The monoisotopic (exact) mass is 188 g/mol. The summed E-state index contributed by atoms with van der Waals surface area (Å²) in [6.07, 6.45) is 7.51. The van der Waals surface area contributed by atoms with Gasteiger partial charge >= 0.3 is 5.97 Å². The van der Waals surface area contributed by atoms with Crippen LogP contribution in [0.2, 0.25) is 0 Å². The number of rotatable bonds is 6. The third-order valence-corrected chi connectivity index (χ3v) is 1.70. The molecule has 0 radical (unpaired) electrons. The predicted octanol–water partition coefficient (Wildman–Crippen LogP) is 2.21.